The number of hydrogen-bond donors (Lipinski definition) is 0. The molecule has 0 aliphatic heterocycles. The van der Waals surface area contributed by atoms with Crippen molar-refractivity contribution in [1.29, 1.82) is 0 Å². The summed E-state index contributed by atoms with van der Waals surface area (Å²) in [5.41, 5.74) is 7.88. The van der Waals surface area contributed by atoms with E-state index in [0.717, 1.165) is 90.5 Å². The van der Waals surface area contributed by atoms with Crippen LogP contribution in [0.15, 0.2) is 58.7 Å². The van der Waals surface area contributed by atoms with Crippen LogP contribution in [-0.4, -0.2) is 21.4 Å². The molecule has 0 fully saturated rings. The Labute approximate surface area is 259 Å². The van der Waals surface area contributed by atoms with E-state index in [0.29, 0.717) is 0 Å². The Morgan fingerprint density at radius 2 is 1.02 bits per heavy atom. The van der Waals surface area contributed by atoms with Gasteiger partial charge in [-0.3, -0.25) is 0 Å². The molecule has 0 radical (unpaired) electrons. The summed E-state index contributed by atoms with van der Waals surface area (Å²) in [5.74, 6) is 13.0. The van der Waals surface area contributed by atoms with Crippen LogP contribution < -0.4 is 0 Å². The molecule has 0 saturated heterocycles. The summed E-state index contributed by atoms with van der Waals surface area (Å²) >= 11 is 3.29. The Morgan fingerprint density at radius 1 is 0.643 bits per heavy atom. The molecular formula is C36H38N4S2. The molecule has 0 bridgehead atoms. The van der Waals surface area contributed by atoms with Crippen LogP contribution in [-0.2, 0) is 0 Å². The Hall–Kier alpha value is -3.84. The molecule has 0 aliphatic carbocycles. The standard InChI is InChI=1S/C36H38N4S2/c1-7-9-11-13-15-29-17-21-31(22-18-29)35-37-25(3)33(41-35)27(5)39-40-28(6)34-26(4)38-36(42-34)32-23-19-30(20-24-32)16-14-12-10-8-2/h17-24H,7-12H2,1-6H3/b39-27-,40-28+. The smallest absolute Gasteiger partial charge is 0.124 e. The zero-order chi connectivity index (χ0) is 29.9. The van der Waals surface area contributed by atoms with E-state index < -0.39 is 0 Å². The third-order valence-corrected chi connectivity index (χ3v) is 9.27. The Bertz CT molecular complexity index is 1550. The third-order valence-electron chi connectivity index (χ3n) is 6.64. The van der Waals surface area contributed by atoms with Crippen LogP contribution in [0.4, 0.5) is 0 Å². The maximum atomic E-state index is 4.82. The molecule has 42 heavy (non-hydrogen) atoms. The molecule has 2 heterocycles. The van der Waals surface area contributed by atoms with Crippen molar-refractivity contribution in [3.8, 4) is 44.8 Å². The average molecular weight is 591 g/mol. The number of thiazole rings is 2. The number of nitrogens with zero attached hydrogens (tertiary/aromatic N) is 4. The highest BCUT2D eigenvalue weighted by Crippen LogP contribution is 2.30. The van der Waals surface area contributed by atoms with Gasteiger partial charge in [-0.15, -0.1) is 22.7 Å². The molecular weight excluding hydrogens is 553 g/mol. The van der Waals surface area contributed by atoms with E-state index >= 15 is 0 Å². The monoisotopic (exact) mass is 590 g/mol. The van der Waals surface area contributed by atoms with Crippen LogP contribution in [0.3, 0.4) is 0 Å². The van der Waals surface area contributed by atoms with E-state index in [1.807, 2.05) is 27.7 Å². The summed E-state index contributed by atoms with van der Waals surface area (Å²) in [6, 6.07) is 16.7. The first kappa shape index (κ1) is 31.1. The minimum absolute atomic E-state index is 0.854. The lowest BCUT2D eigenvalue weighted by Crippen LogP contribution is -1.96. The summed E-state index contributed by atoms with van der Waals surface area (Å²) in [6.45, 7) is 12.4. The van der Waals surface area contributed by atoms with Gasteiger partial charge in [0.1, 0.15) is 10.0 Å². The van der Waals surface area contributed by atoms with Gasteiger partial charge >= 0.3 is 0 Å². The van der Waals surface area contributed by atoms with Gasteiger partial charge in [-0.25, -0.2) is 9.97 Å². The van der Waals surface area contributed by atoms with Gasteiger partial charge in [-0.1, -0.05) is 74.6 Å². The number of benzene rings is 2. The van der Waals surface area contributed by atoms with Crippen molar-refractivity contribution in [2.45, 2.75) is 80.1 Å². The van der Waals surface area contributed by atoms with Crippen molar-refractivity contribution in [2.24, 2.45) is 10.2 Å². The first-order chi connectivity index (χ1) is 20.4. The minimum Gasteiger partial charge on any atom is -0.241 e. The molecule has 6 heteroatoms. The summed E-state index contributed by atoms with van der Waals surface area (Å²) in [6.07, 6.45) is 6.52. The molecule has 2 aromatic carbocycles. The molecule has 0 saturated carbocycles. The van der Waals surface area contributed by atoms with E-state index in [4.69, 9.17) is 9.97 Å². The van der Waals surface area contributed by atoms with Gasteiger partial charge < -0.3 is 0 Å². The van der Waals surface area contributed by atoms with Gasteiger partial charge in [-0.05, 0) is 64.8 Å². The fraction of sp³-hybridized carbons (Fsp3) is 0.333. The number of aromatic nitrogens is 2. The maximum Gasteiger partial charge on any atom is 0.124 e. The van der Waals surface area contributed by atoms with E-state index in [1.165, 1.54) is 12.8 Å². The molecule has 0 amide bonds. The molecule has 0 aliphatic rings. The number of rotatable bonds is 9. The largest absolute Gasteiger partial charge is 0.241 e. The Morgan fingerprint density at radius 3 is 1.38 bits per heavy atom. The van der Waals surface area contributed by atoms with Gasteiger partial charge in [0.15, 0.2) is 0 Å². The van der Waals surface area contributed by atoms with Crippen molar-refractivity contribution in [3.63, 3.8) is 0 Å². The van der Waals surface area contributed by atoms with E-state index in [1.54, 1.807) is 22.7 Å². The first-order valence-electron chi connectivity index (χ1n) is 14.6. The Balaban J connectivity index is 1.47. The predicted molar refractivity (Wildman–Crippen MR) is 182 cm³/mol. The summed E-state index contributed by atoms with van der Waals surface area (Å²) in [7, 11) is 0. The third kappa shape index (κ3) is 8.35. The second-order valence-electron chi connectivity index (χ2n) is 10.2. The molecule has 0 atom stereocenters. The van der Waals surface area contributed by atoms with Crippen LogP contribution in [0.25, 0.3) is 21.1 Å². The van der Waals surface area contributed by atoms with Crippen molar-refractivity contribution >= 4 is 34.1 Å². The van der Waals surface area contributed by atoms with E-state index in [9.17, 15) is 0 Å². The van der Waals surface area contributed by atoms with Crippen molar-refractivity contribution in [1.82, 2.24) is 9.97 Å². The topological polar surface area (TPSA) is 50.5 Å². The van der Waals surface area contributed by atoms with Gasteiger partial charge in [0, 0.05) is 35.1 Å². The summed E-state index contributed by atoms with van der Waals surface area (Å²) in [5, 5.41) is 11.1. The normalized spacial score (nSPS) is 11.6. The molecule has 0 unspecified atom stereocenters. The zero-order valence-corrected chi connectivity index (χ0v) is 27.1. The zero-order valence-electron chi connectivity index (χ0n) is 25.5. The van der Waals surface area contributed by atoms with Crippen LogP contribution in [0, 0.1) is 37.5 Å². The number of unbranched alkanes of at least 4 members (excludes halogenated alkanes) is 4. The maximum absolute atomic E-state index is 4.82. The number of hydrogen-bond acceptors (Lipinski definition) is 6. The SMILES string of the molecule is CCCCC#Cc1ccc(-c2nc(C)c(/C(C)=N\N=C(/C)c3sc(-c4ccc(C#CCCCC)cc4)nc3C)s2)cc1. The van der Waals surface area contributed by atoms with Gasteiger partial charge in [-0.2, -0.15) is 10.2 Å². The van der Waals surface area contributed by atoms with Crippen LogP contribution in [0.5, 0.6) is 0 Å². The highest BCUT2D eigenvalue weighted by molar-refractivity contribution is 7.17. The summed E-state index contributed by atoms with van der Waals surface area (Å²) in [4.78, 5) is 11.7. The van der Waals surface area contributed by atoms with Crippen LogP contribution >= 0.6 is 22.7 Å². The second-order valence-corrected chi connectivity index (χ2v) is 12.2. The fourth-order valence-corrected chi connectivity index (χ4v) is 6.23. The quantitative estimate of drug-likeness (QED) is 0.0843. The van der Waals surface area contributed by atoms with Gasteiger partial charge in [0.05, 0.1) is 32.6 Å². The van der Waals surface area contributed by atoms with Crippen LogP contribution in [0.1, 0.15) is 98.5 Å². The van der Waals surface area contributed by atoms with Crippen molar-refractivity contribution in [2.75, 3.05) is 0 Å². The van der Waals surface area contributed by atoms with E-state index in [2.05, 4.69) is 96.3 Å². The summed E-state index contributed by atoms with van der Waals surface area (Å²) < 4.78 is 0. The molecule has 2 aromatic heterocycles. The lowest BCUT2D eigenvalue weighted by Gasteiger charge is -1.98. The molecule has 214 valence electrons. The van der Waals surface area contributed by atoms with Gasteiger partial charge in [0.25, 0.3) is 0 Å². The molecule has 4 rings (SSSR count). The fourth-order valence-electron chi connectivity index (χ4n) is 4.20. The first-order valence-corrected chi connectivity index (χ1v) is 16.3. The van der Waals surface area contributed by atoms with Crippen molar-refractivity contribution < 1.29 is 0 Å². The predicted octanol–water partition coefficient (Wildman–Crippen LogP) is 9.87. The van der Waals surface area contributed by atoms with E-state index in [-0.39, 0.29) is 0 Å². The molecule has 4 nitrogen and oxygen atoms in total. The lowest BCUT2D eigenvalue weighted by molar-refractivity contribution is 0.828. The molecule has 0 spiro atoms. The van der Waals surface area contributed by atoms with Crippen molar-refractivity contribution in [3.05, 3.63) is 80.8 Å². The highest BCUT2D eigenvalue weighted by atomic mass is 32.1. The second kappa shape index (κ2) is 15.4. The van der Waals surface area contributed by atoms with Crippen LogP contribution in [0.2, 0.25) is 0 Å². The number of aryl methyl sites for hydroxylation is 2. The lowest BCUT2D eigenvalue weighted by atomic mass is 10.1. The Kier molecular flexibility index (Phi) is 11.4. The van der Waals surface area contributed by atoms with Gasteiger partial charge in [0.2, 0.25) is 0 Å². The minimum atomic E-state index is 0.854. The highest BCUT2D eigenvalue weighted by Gasteiger charge is 2.14. The average Bonchev–Trinajstić information content (AvgIpc) is 3.59. The molecule has 0 N–H and O–H groups in total. The molecule has 4 aromatic rings.